The summed E-state index contributed by atoms with van der Waals surface area (Å²) in [6.07, 6.45) is 22.7. The number of hydrogen-bond donors (Lipinski definition) is 0. The molecule has 2 heteroatoms. The van der Waals surface area contributed by atoms with Gasteiger partial charge in [0.2, 0.25) is 0 Å². The van der Waals surface area contributed by atoms with E-state index in [0.29, 0.717) is 12.0 Å². The van der Waals surface area contributed by atoms with Gasteiger partial charge in [-0.05, 0) is 80.7 Å². The van der Waals surface area contributed by atoms with Gasteiger partial charge in [0, 0.05) is 11.6 Å². The molecule has 2 atom stereocenters. The number of rotatable bonds is 2. The Hall–Kier alpha value is -2.48. The Kier molecular flexibility index (Phi) is 4.50. The van der Waals surface area contributed by atoms with E-state index in [1.807, 2.05) is 0 Å². The van der Waals surface area contributed by atoms with Crippen molar-refractivity contribution in [3.05, 3.63) is 82.3 Å². The minimum absolute atomic E-state index is 0.332. The molecule has 142 valence electrons. The number of aryl methyl sites for hydroxylation is 1. The summed E-state index contributed by atoms with van der Waals surface area (Å²) in [4.78, 5) is 10.2. The molecule has 4 aliphatic rings. The van der Waals surface area contributed by atoms with Crippen molar-refractivity contribution >= 4 is 11.3 Å². The number of dihydropyridines is 1. The van der Waals surface area contributed by atoms with E-state index in [0.717, 1.165) is 49.9 Å². The fourth-order valence-electron chi connectivity index (χ4n) is 5.10. The zero-order valence-electron chi connectivity index (χ0n) is 16.9. The highest BCUT2D eigenvalue weighted by Crippen LogP contribution is 2.40. The van der Waals surface area contributed by atoms with Gasteiger partial charge in [-0.25, -0.2) is 0 Å². The number of fused-ring (bicyclic) bond motifs is 3. The highest BCUT2D eigenvalue weighted by Gasteiger charge is 2.32. The SMILES string of the molecule is Cc1cc(C2=CCCC=C2)c2c(n1)C1=NC(C)CC(C3C=CC=CC3)=C1CC2. The lowest BCUT2D eigenvalue weighted by Gasteiger charge is -2.33. The Morgan fingerprint density at radius 1 is 1.07 bits per heavy atom. The minimum Gasteiger partial charge on any atom is -0.279 e. The summed E-state index contributed by atoms with van der Waals surface area (Å²) in [6, 6.07) is 2.61. The lowest BCUT2D eigenvalue weighted by atomic mass is 9.76. The molecule has 2 nitrogen and oxygen atoms in total. The molecule has 5 rings (SSSR count). The number of aliphatic imine (C=N–C) groups is 1. The molecule has 2 heterocycles. The van der Waals surface area contributed by atoms with E-state index >= 15 is 0 Å². The van der Waals surface area contributed by atoms with Crippen molar-refractivity contribution in [2.75, 3.05) is 0 Å². The summed E-state index contributed by atoms with van der Waals surface area (Å²) in [5.41, 5.74) is 10.7. The average molecular weight is 369 g/mol. The summed E-state index contributed by atoms with van der Waals surface area (Å²) in [5, 5.41) is 0. The van der Waals surface area contributed by atoms with Gasteiger partial charge in [-0.2, -0.15) is 0 Å². The molecule has 0 radical (unpaired) electrons. The molecule has 0 saturated heterocycles. The van der Waals surface area contributed by atoms with Crippen molar-refractivity contribution in [2.45, 2.75) is 58.4 Å². The molecule has 1 aromatic heterocycles. The molecule has 0 bridgehead atoms. The Labute approximate surface area is 168 Å². The Morgan fingerprint density at radius 2 is 2.00 bits per heavy atom. The average Bonchev–Trinajstić information content (AvgIpc) is 2.74. The largest absolute Gasteiger partial charge is 0.279 e. The predicted molar refractivity (Wildman–Crippen MR) is 118 cm³/mol. The molecule has 3 aliphatic carbocycles. The molecule has 1 aromatic rings. The van der Waals surface area contributed by atoms with Crippen molar-refractivity contribution in [3.63, 3.8) is 0 Å². The summed E-state index contributed by atoms with van der Waals surface area (Å²) in [6.45, 7) is 4.38. The van der Waals surface area contributed by atoms with Crippen LogP contribution in [0, 0.1) is 12.8 Å². The topological polar surface area (TPSA) is 25.2 Å². The van der Waals surface area contributed by atoms with E-state index in [4.69, 9.17) is 9.98 Å². The first-order chi connectivity index (χ1) is 13.7. The van der Waals surface area contributed by atoms with Crippen LogP contribution in [0.4, 0.5) is 0 Å². The van der Waals surface area contributed by atoms with Gasteiger partial charge in [0.25, 0.3) is 0 Å². The molecule has 0 fully saturated rings. The zero-order valence-corrected chi connectivity index (χ0v) is 16.9. The van der Waals surface area contributed by atoms with Gasteiger partial charge < -0.3 is 0 Å². The summed E-state index contributed by atoms with van der Waals surface area (Å²) >= 11 is 0. The van der Waals surface area contributed by atoms with Crippen LogP contribution < -0.4 is 0 Å². The molecule has 0 saturated carbocycles. The van der Waals surface area contributed by atoms with E-state index in [9.17, 15) is 0 Å². The fourth-order valence-corrected chi connectivity index (χ4v) is 5.10. The number of hydrogen-bond acceptors (Lipinski definition) is 2. The van der Waals surface area contributed by atoms with Crippen LogP contribution in [0.1, 0.15) is 61.5 Å². The van der Waals surface area contributed by atoms with Crippen LogP contribution in [0.15, 0.2) is 64.7 Å². The van der Waals surface area contributed by atoms with Crippen molar-refractivity contribution < 1.29 is 0 Å². The summed E-state index contributed by atoms with van der Waals surface area (Å²) in [5.74, 6) is 0.530. The second kappa shape index (κ2) is 7.16. The van der Waals surface area contributed by atoms with Crippen molar-refractivity contribution in [2.24, 2.45) is 10.9 Å². The van der Waals surface area contributed by atoms with E-state index < -0.39 is 0 Å². The van der Waals surface area contributed by atoms with Crippen molar-refractivity contribution in [1.29, 1.82) is 0 Å². The molecule has 0 aromatic carbocycles. The second-order valence-corrected chi connectivity index (χ2v) is 8.47. The van der Waals surface area contributed by atoms with Crippen LogP contribution >= 0.6 is 0 Å². The number of nitrogens with zero attached hydrogens (tertiary/aromatic N) is 2. The highest BCUT2D eigenvalue weighted by molar-refractivity contribution is 6.15. The van der Waals surface area contributed by atoms with Gasteiger partial charge in [0.15, 0.2) is 0 Å². The predicted octanol–water partition coefficient (Wildman–Crippen LogP) is 6.08. The summed E-state index contributed by atoms with van der Waals surface area (Å²) in [7, 11) is 0. The summed E-state index contributed by atoms with van der Waals surface area (Å²) < 4.78 is 0. The standard InChI is InChI=1S/C26H28N2/c1-17-15-23(19-9-5-3-6-10-19)21-13-14-22-24(20-11-7-4-8-12-20)16-18(2)28-26(22)25(21)27-17/h3,5-7,9,11-12,16-17,19H,4,8,10,13-15H2,1-2H3. The van der Waals surface area contributed by atoms with Crippen molar-refractivity contribution in [1.82, 2.24) is 4.98 Å². The quantitative estimate of drug-likeness (QED) is 0.621. The molecule has 28 heavy (non-hydrogen) atoms. The third-order valence-electron chi connectivity index (χ3n) is 6.37. The third kappa shape index (κ3) is 3.05. The molecule has 0 spiro atoms. The van der Waals surface area contributed by atoms with Crippen LogP contribution in [-0.4, -0.2) is 16.7 Å². The van der Waals surface area contributed by atoms with Gasteiger partial charge in [-0.15, -0.1) is 0 Å². The van der Waals surface area contributed by atoms with Crippen LogP contribution in [0.3, 0.4) is 0 Å². The van der Waals surface area contributed by atoms with Gasteiger partial charge >= 0.3 is 0 Å². The van der Waals surface area contributed by atoms with Gasteiger partial charge in [-0.3, -0.25) is 9.98 Å². The Bertz CT molecular complexity index is 998. The van der Waals surface area contributed by atoms with Gasteiger partial charge in [0.05, 0.1) is 17.4 Å². The van der Waals surface area contributed by atoms with Gasteiger partial charge in [0.1, 0.15) is 0 Å². The van der Waals surface area contributed by atoms with E-state index in [1.165, 1.54) is 28.0 Å². The molecule has 0 amide bonds. The van der Waals surface area contributed by atoms with Gasteiger partial charge in [-0.1, -0.05) is 48.1 Å². The van der Waals surface area contributed by atoms with Crippen LogP contribution in [0.5, 0.6) is 0 Å². The maximum atomic E-state index is 5.13. The number of allylic oxidation sites excluding steroid dienone is 9. The zero-order chi connectivity index (χ0) is 19.1. The monoisotopic (exact) mass is 368 g/mol. The van der Waals surface area contributed by atoms with Crippen LogP contribution in [0.25, 0.3) is 5.57 Å². The molecule has 2 unspecified atom stereocenters. The molecule has 0 N–H and O–H groups in total. The smallest absolute Gasteiger partial charge is 0.0926 e. The first kappa shape index (κ1) is 17.6. The maximum absolute atomic E-state index is 5.13. The first-order valence-electron chi connectivity index (χ1n) is 10.7. The Balaban J connectivity index is 1.64. The highest BCUT2D eigenvalue weighted by atomic mass is 14.9. The third-order valence-corrected chi connectivity index (χ3v) is 6.37. The van der Waals surface area contributed by atoms with Crippen LogP contribution in [-0.2, 0) is 6.42 Å². The Morgan fingerprint density at radius 3 is 2.79 bits per heavy atom. The molecular formula is C26H28N2. The molecule has 1 aliphatic heterocycles. The lowest BCUT2D eigenvalue weighted by Crippen LogP contribution is -2.28. The molecular weight excluding hydrogens is 340 g/mol. The van der Waals surface area contributed by atoms with E-state index in [2.05, 4.69) is 62.4 Å². The lowest BCUT2D eigenvalue weighted by molar-refractivity contribution is 0.623. The van der Waals surface area contributed by atoms with Crippen molar-refractivity contribution in [3.8, 4) is 0 Å². The second-order valence-electron chi connectivity index (χ2n) is 8.47. The normalized spacial score (nSPS) is 25.9. The first-order valence-corrected chi connectivity index (χ1v) is 10.7. The number of aromatic nitrogens is 1. The fraction of sp³-hybridized carbons (Fsp3) is 0.385. The number of pyridine rings is 1. The van der Waals surface area contributed by atoms with Crippen LogP contribution in [0.2, 0.25) is 0 Å². The van der Waals surface area contributed by atoms with E-state index in [-0.39, 0.29) is 0 Å². The maximum Gasteiger partial charge on any atom is 0.0926 e. The minimum atomic E-state index is 0.332. The van der Waals surface area contributed by atoms with E-state index in [1.54, 1.807) is 5.57 Å².